The molecule has 2 rings (SSSR count). The lowest BCUT2D eigenvalue weighted by atomic mass is 9.87. The Kier molecular flexibility index (Phi) is 7.42. The van der Waals surface area contributed by atoms with Gasteiger partial charge in [0.05, 0.1) is 0 Å². The van der Waals surface area contributed by atoms with E-state index in [1.54, 1.807) is 37.3 Å². The largest absolute Gasteiger partial charge is 0.481 e. The summed E-state index contributed by atoms with van der Waals surface area (Å²) >= 11 is 0. The summed E-state index contributed by atoms with van der Waals surface area (Å²) < 4.78 is 5.74. The molecule has 6 nitrogen and oxygen atoms in total. The normalized spacial score (nSPS) is 11.9. The van der Waals surface area contributed by atoms with Gasteiger partial charge in [-0.25, -0.2) is 4.79 Å². The zero-order chi connectivity index (χ0) is 21.4. The van der Waals surface area contributed by atoms with Crippen molar-refractivity contribution in [2.45, 2.75) is 39.2 Å². The smallest absolute Gasteiger partial charge is 0.319 e. The molecule has 0 aliphatic heterocycles. The van der Waals surface area contributed by atoms with Gasteiger partial charge in [-0.1, -0.05) is 39.0 Å². The number of hydrogen-bond acceptors (Lipinski definition) is 3. The van der Waals surface area contributed by atoms with Crippen LogP contribution in [-0.2, 0) is 10.2 Å². The van der Waals surface area contributed by atoms with E-state index in [9.17, 15) is 9.59 Å². The third kappa shape index (κ3) is 6.99. The highest BCUT2D eigenvalue weighted by Crippen LogP contribution is 2.24. The first-order valence-electron chi connectivity index (χ1n) is 9.53. The van der Waals surface area contributed by atoms with Crippen LogP contribution in [-0.4, -0.2) is 24.6 Å². The number of carbonyl (C=O) groups excluding carboxylic acids is 2. The van der Waals surface area contributed by atoms with Gasteiger partial charge in [0.2, 0.25) is 0 Å². The lowest BCUT2D eigenvalue weighted by Gasteiger charge is -2.20. The number of urea groups is 1. The highest BCUT2D eigenvalue weighted by atomic mass is 16.5. The molecule has 29 heavy (non-hydrogen) atoms. The van der Waals surface area contributed by atoms with Crippen LogP contribution in [0.15, 0.2) is 61.2 Å². The number of nitrogens with one attached hydrogen (secondary N) is 3. The molecule has 0 fully saturated rings. The molecule has 3 amide bonds. The average molecular weight is 396 g/mol. The van der Waals surface area contributed by atoms with Crippen molar-refractivity contribution in [3.63, 3.8) is 0 Å². The van der Waals surface area contributed by atoms with Gasteiger partial charge in [0.1, 0.15) is 5.75 Å². The second-order valence-electron chi connectivity index (χ2n) is 7.72. The fourth-order valence-corrected chi connectivity index (χ4v) is 2.51. The maximum absolute atomic E-state index is 12.4. The van der Waals surface area contributed by atoms with Gasteiger partial charge < -0.3 is 20.7 Å². The zero-order valence-electron chi connectivity index (χ0n) is 17.4. The molecule has 0 saturated carbocycles. The van der Waals surface area contributed by atoms with Crippen LogP contribution < -0.4 is 20.7 Å². The minimum Gasteiger partial charge on any atom is -0.481 e. The summed E-state index contributed by atoms with van der Waals surface area (Å²) in [7, 11) is 0. The summed E-state index contributed by atoms with van der Waals surface area (Å²) in [6.45, 7) is 12.1. The number of amides is 3. The van der Waals surface area contributed by atoms with E-state index >= 15 is 0 Å². The van der Waals surface area contributed by atoms with E-state index in [1.807, 2.05) is 24.3 Å². The molecule has 0 aromatic heterocycles. The predicted molar refractivity (Wildman–Crippen MR) is 118 cm³/mol. The Morgan fingerprint density at radius 1 is 1.00 bits per heavy atom. The van der Waals surface area contributed by atoms with Gasteiger partial charge in [0.15, 0.2) is 6.10 Å². The van der Waals surface area contributed by atoms with E-state index in [0.29, 0.717) is 23.7 Å². The van der Waals surface area contributed by atoms with Crippen molar-refractivity contribution >= 4 is 23.3 Å². The summed E-state index contributed by atoms with van der Waals surface area (Å²) in [5.74, 6) is 0.389. The lowest BCUT2D eigenvalue weighted by Crippen LogP contribution is -2.30. The Hall–Kier alpha value is -3.28. The fraction of sp³-hybridized carbons (Fsp3) is 0.304. The molecular formula is C23H29N3O3. The second kappa shape index (κ2) is 9.78. The van der Waals surface area contributed by atoms with Crippen LogP contribution >= 0.6 is 0 Å². The van der Waals surface area contributed by atoms with Crippen molar-refractivity contribution < 1.29 is 14.3 Å². The van der Waals surface area contributed by atoms with Gasteiger partial charge in [0, 0.05) is 17.9 Å². The number of hydrogen-bond donors (Lipinski definition) is 3. The van der Waals surface area contributed by atoms with Crippen molar-refractivity contribution in [1.82, 2.24) is 5.32 Å². The summed E-state index contributed by atoms with van der Waals surface area (Å²) in [4.78, 5) is 24.0. The standard InChI is InChI=1S/C23H29N3O3/c1-6-15-24-22(28)26-19-11-9-18(10-12-19)25-21(27)16(2)29-20-13-7-17(8-14-20)23(3,4)5/h6-14,16H,1,15H2,2-5H3,(H,25,27)(H2,24,26,28). The molecule has 2 aromatic carbocycles. The number of rotatable bonds is 7. The lowest BCUT2D eigenvalue weighted by molar-refractivity contribution is -0.122. The van der Waals surface area contributed by atoms with Gasteiger partial charge >= 0.3 is 6.03 Å². The number of ether oxygens (including phenoxy) is 1. The van der Waals surface area contributed by atoms with Crippen molar-refractivity contribution in [3.05, 3.63) is 66.7 Å². The Balaban J connectivity index is 1.89. The molecule has 0 aliphatic rings. The molecule has 3 N–H and O–H groups in total. The highest BCUT2D eigenvalue weighted by Gasteiger charge is 2.17. The van der Waals surface area contributed by atoms with Gasteiger partial charge in [-0.05, 0) is 54.3 Å². The molecule has 0 saturated heterocycles. The van der Waals surface area contributed by atoms with E-state index in [0.717, 1.165) is 0 Å². The molecule has 1 unspecified atom stereocenters. The first kappa shape index (κ1) is 22.0. The van der Waals surface area contributed by atoms with Crippen LogP contribution in [0.25, 0.3) is 0 Å². The molecule has 0 heterocycles. The average Bonchev–Trinajstić information content (AvgIpc) is 2.67. The van der Waals surface area contributed by atoms with Gasteiger partial charge in [0.25, 0.3) is 5.91 Å². The maximum Gasteiger partial charge on any atom is 0.319 e. The third-order valence-corrected chi connectivity index (χ3v) is 4.22. The molecule has 154 valence electrons. The molecule has 0 aliphatic carbocycles. The van der Waals surface area contributed by atoms with Crippen LogP contribution in [0.3, 0.4) is 0 Å². The van der Waals surface area contributed by atoms with E-state index < -0.39 is 6.10 Å². The van der Waals surface area contributed by atoms with E-state index in [1.165, 1.54) is 5.56 Å². The first-order chi connectivity index (χ1) is 13.7. The monoisotopic (exact) mass is 395 g/mol. The predicted octanol–water partition coefficient (Wildman–Crippen LogP) is 4.70. The second-order valence-corrected chi connectivity index (χ2v) is 7.72. The Bertz CT molecular complexity index is 837. The molecule has 0 spiro atoms. The van der Waals surface area contributed by atoms with Crippen molar-refractivity contribution in [3.8, 4) is 5.75 Å². The van der Waals surface area contributed by atoms with E-state index in [2.05, 4.69) is 43.3 Å². The first-order valence-corrected chi connectivity index (χ1v) is 9.53. The number of anilines is 2. The SMILES string of the molecule is C=CCNC(=O)Nc1ccc(NC(=O)C(C)Oc2ccc(C(C)(C)C)cc2)cc1. The van der Waals surface area contributed by atoms with Crippen LogP contribution in [0.5, 0.6) is 5.75 Å². The van der Waals surface area contributed by atoms with E-state index in [-0.39, 0.29) is 17.4 Å². The van der Waals surface area contributed by atoms with Crippen LogP contribution in [0.4, 0.5) is 16.2 Å². The topological polar surface area (TPSA) is 79.5 Å². The maximum atomic E-state index is 12.4. The van der Waals surface area contributed by atoms with Crippen LogP contribution in [0.1, 0.15) is 33.3 Å². The quantitative estimate of drug-likeness (QED) is 0.595. The minimum absolute atomic E-state index is 0.0644. The Morgan fingerprint density at radius 2 is 1.55 bits per heavy atom. The van der Waals surface area contributed by atoms with Crippen molar-refractivity contribution in [1.29, 1.82) is 0 Å². The summed E-state index contributed by atoms with van der Waals surface area (Å²) in [6, 6.07) is 14.3. The third-order valence-electron chi connectivity index (χ3n) is 4.22. The van der Waals surface area contributed by atoms with Gasteiger partial charge in [-0.15, -0.1) is 6.58 Å². The fourth-order valence-electron chi connectivity index (χ4n) is 2.51. The van der Waals surface area contributed by atoms with Crippen LogP contribution in [0, 0.1) is 0 Å². The minimum atomic E-state index is -0.655. The Morgan fingerprint density at radius 3 is 2.07 bits per heavy atom. The molecule has 0 bridgehead atoms. The van der Waals surface area contributed by atoms with Gasteiger partial charge in [-0.3, -0.25) is 4.79 Å². The van der Waals surface area contributed by atoms with Gasteiger partial charge in [-0.2, -0.15) is 0 Å². The number of benzene rings is 2. The van der Waals surface area contributed by atoms with E-state index in [4.69, 9.17) is 4.74 Å². The molecule has 6 heteroatoms. The molecule has 2 aromatic rings. The molecule has 0 radical (unpaired) electrons. The van der Waals surface area contributed by atoms with Crippen molar-refractivity contribution in [2.75, 3.05) is 17.2 Å². The zero-order valence-corrected chi connectivity index (χ0v) is 17.4. The molecule has 1 atom stereocenters. The summed E-state index contributed by atoms with van der Waals surface area (Å²) in [5, 5.41) is 8.12. The van der Waals surface area contributed by atoms with Crippen LogP contribution in [0.2, 0.25) is 0 Å². The van der Waals surface area contributed by atoms with Crippen molar-refractivity contribution in [2.24, 2.45) is 0 Å². The summed E-state index contributed by atoms with van der Waals surface area (Å²) in [5.41, 5.74) is 2.50. The highest BCUT2D eigenvalue weighted by molar-refractivity contribution is 5.94. The number of carbonyl (C=O) groups is 2. The summed E-state index contributed by atoms with van der Waals surface area (Å²) in [6.07, 6.45) is 0.943. The Labute approximate surface area is 172 Å². The molecular weight excluding hydrogens is 366 g/mol.